The molecule has 4 rings (SSSR count). The number of benzene rings is 1. The Bertz CT molecular complexity index is 1170. The van der Waals surface area contributed by atoms with E-state index in [-0.39, 0.29) is 17.4 Å². The van der Waals surface area contributed by atoms with Gasteiger partial charge in [-0.25, -0.2) is 9.67 Å². The molecule has 0 aliphatic carbocycles. The Labute approximate surface area is 202 Å². The number of nitrogens with zero attached hydrogens (tertiary/aromatic N) is 5. The Morgan fingerprint density at radius 2 is 1.74 bits per heavy atom. The average Bonchev–Trinajstić information content (AvgIpc) is 3.16. The van der Waals surface area contributed by atoms with E-state index in [2.05, 4.69) is 51.7 Å². The third-order valence-electron chi connectivity index (χ3n) is 6.51. The summed E-state index contributed by atoms with van der Waals surface area (Å²) in [5.41, 5.74) is 4.35. The minimum atomic E-state index is -0.220. The van der Waals surface area contributed by atoms with Crippen LogP contribution in [-0.4, -0.2) is 63.8 Å². The number of carbonyl (C=O) groups is 1. The van der Waals surface area contributed by atoms with Crippen molar-refractivity contribution >= 4 is 16.9 Å². The summed E-state index contributed by atoms with van der Waals surface area (Å²) in [5, 5.41) is 5.67. The zero-order chi connectivity index (χ0) is 24.6. The van der Waals surface area contributed by atoms with Crippen LogP contribution in [0.2, 0.25) is 0 Å². The topological polar surface area (TPSA) is 63.5 Å². The summed E-state index contributed by atoms with van der Waals surface area (Å²) >= 11 is 0. The maximum absolute atomic E-state index is 13.8. The van der Waals surface area contributed by atoms with E-state index in [0.717, 1.165) is 53.4 Å². The summed E-state index contributed by atoms with van der Waals surface area (Å²) in [6.07, 6.45) is 0. The fourth-order valence-corrected chi connectivity index (χ4v) is 4.51. The molecule has 34 heavy (non-hydrogen) atoms. The first kappa shape index (κ1) is 24.2. The Balaban J connectivity index is 1.56. The number of pyridine rings is 1. The molecular formula is C27H37N5O2. The van der Waals surface area contributed by atoms with Crippen molar-refractivity contribution in [3.8, 4) is 5.75 Å². The molecule has 1 aliphatic rings. The van der Waals surface area contributed by atoms with Crippen molar-refractivity contribution in [2.75, 3.05) is 33.3 Å². The van der Waals surface area contributed by atoms with Crippen molar-refractivity contribution in [2.45, 2.75) is 59.5 Å². The van der Waals surface area contributed by atoms with Gasteiger partial charge in [-0.2, -0.15) is 5.10 Å². The highest BCUT2D eigenvalue weighted by atomic mass is 16.5. The van der Waals surface area contributed by atoms with Crippen LogP contribution in [0.3, 0.4) is 0 Å². The summed E-state index contributed by atoms with van der Waals surface area (Å²) in [5.74, 6) is 1.17. The highest BCUT2D eigenvalue weighted by Gasteiger charge is 2.29. The summed E-state index contributed by atoms with van der Waals surface area (Å²) in [4.78, 5) is 23.1. The molecule has 1 saturated heterocycles. The monoisotopic (exact) mass is 463 g/mol. The van der Waals surface area contributed by atoms with Gasteiger partial charge in [0.2, 0.25) is 0 Å². The van der Waals surface area contributed by atoms with Crippen molar-refractivity contribution in [1.82, 2.24) is 24.6 Å². The number of methoxy groups -OCH3 is 1. The molecule has 182 valence electrons. The summed E-state index contributed by atoms with van der Waals surface area (Å²) in [6, 6.07) is 10.2. The van der Waals surface area contributed by atoms with Gasteiger partial charge in [-0.05, 0) is 57.4 Å². The van der Waals surface area contributed by atoms with E-state index < -0.39 is 0 Å². The lowest BCUT2D eigenvalue weighted by molar-refractivity contribution is 0.0630. The minimum Gasteiger partial charge on any atom is -0.497 e. The van der Waals surface area contributed by atoms with Crippen molar-refractivity contribution < 1.29 is 9.53 Å². The lowest BCUT2D eigenvalue weighted by Crippen LogP contribution is -2.48. The molecule has 1 aliphatic heterocycles. The molecule has 7 nitrogen and oxygen atoms in total. The second-order valence-electron chi connectivity index (χ2n) is 10.5. The predicted molar refractivity (Wildman–Crippen MR) is 136 cm³/mol. The Morgan fingerprint density at radius 1 is 1.09 bits per heavy atom. The number of aryl methyl sites for hydroxylation is 1. The van der Waals surface area contributed by atoms with Gasteiger partial charge >= 0.3 is 0 Å². The van der Waals surface area contributed by atoms with Gasteiger partial charge in [-0.15, -0.1) is 0 Å². The van der Waals surface area contributed by atoms with Crippen LogP contribution < -0.4 is 4.74 Å². The molecule has 7 heteroatoms. The van der Waals surface area contributed by atoms with Crippen LogP contribution in [0.15, 0.2) is 30.3 Å². The Kier molecular flexibility index (Phi) is 6.67. The molecule has 3 aromatic rings. The van der Waals surface area contributed by atoms with Crippen LogP contribution >= 0.6 is 0 Å². The molecule has 0 bridgehead atoms. The van der Waals surface area contributed by atoms with E-state index in [1.807, 2.05) is 34.7 Å². The molecule has 1 amide bonds. The molecule has 0 atom stereocenters. The lowest BCUT2D eigenvalue weighted by atomic mass is 10.0. The molecule has 2 aromatic heterocycles. The fourth-order valence-electron chi connectivity index (χ4n) is 4.51. The number of fused-ring (bicyclic) bond motifs is 1. The van der Waals surface area contributed by atoms with Crippen LogP contribution in [0.5, 0.6) is 5.75 Å². The molecular weight excluding hydrogens is 426 g/mol. The molecule has 0 unspecified atom stereocenters. The first-order valence-electron chi connectivity index (χ1n) is 12.1. The zero-order valence-corrected chi connectivity index (χ0v) is 21.6. The van der Waals surface area contributed by atoms with Gasteiger partial charge in [0.15, 0.2) is 5.65 Å². The Hall–Kier alpha value is -2.93. The predicted octanol–water partition coefficient (Wildman–Crippen LogP) is 4.58. The van der Waals surface area contributed by atoms with Gasteiger partial charge in [0.25, 0.3) is 5.91 Å². The third kappa shape index (κ3) is 4.80. The molecule has 1 fully saturated rings. The number of aromatic nitrogens is 3. The van der Waals surface area contributed by atoms with E-state index in [1.54, 1.807) is 7.11 Å². The smallest absolute Gasteiger partial charge is 0.254 e. The van der Waals surface area contributed by atoms with Gasteiger partial charge < -0.3 is 9.64 Å². The second kappa shape index (κ2) is 9.37. The van der Waals surface area contributed by atoms with Gasteiger partial charge in [0, 0.05) is 38.4 Å². The van der Waals surface area contributed by atoms with Crippen LogP contribution in [0.4, 0.5) is 0 Å². The largest absolute Gasteiger partial charge is 0.497 e. The van der Waals surface area contributed by atoms with E-state index in [1.165, 1.54) is 5.56 Å². The standard InChI is InChI=1S/C27H37N5O2/c1-18(2)23-16-22(24-19(3)29-32(25(24)28-23)27(4,5)6)26(33)31-14-12-30(13-15-31)17-20-8-10-21(34-7)11-9-20/h8-11,16,18H,12-15,17H2,1-7H3. The van der Waals surface area contributed by atoms with Crippen LogP contribution in [0.25, 0.3) is 11.0 Å². The average molecular weight is 464 g/mol. The molecule has 1 aromatic carbocycles. The van der Waals surface area contributed by atoms with Crippen molar-refractivity contribution in [1.29, 1.82) is 0 Å². The molecule has 0 radical (unpaired) electrons. The number of hydrogen-bond acceptors (Lipinski definition) is 5. The molecule has 3 heterocycles. The zero-order valence-electron chi connectivity index (χ0n) is 21.6. The lowest BCUT2D eigenvalue weighted by Gasteiger charge is -2.35. The van der Waals surface area contributed by atoms with E-state index in [0.29, 0.717) is 13.1 Å². The quantitative estimate of drug-likeness (QED) is 0.554. The van der Waals surface area contributed by atoms with Crippen molar-refractivity contribution in [3.05, 3.63) is 52.8 Å². The maximum Gasteiger partial charge on any atom is 0.254 e. The van der Waals surface area contributed by atoms with Gasteiger partial charge in [-0.3, -0.25) is 9.69 Å². The number of ether oxygens (including phenoxy) is 1. The number of piperazine rings is 1. The maximum atomic E-state index is 13.8. The summed E-state index contributed by atoms with van der Waals surface area (Å²) in [6.45, 7) is 16.6. The van der Waals surface area contributed by atoms with E-state index in [9.17, 15) is 4.79 Å². The highest BCUT2D eigenvalue weighted by Crippen LogP contribution is 2.30. The van der Waals surface area contributed by atoms with Crippen molar-refractivity contribution in [3.63, 3.8) is 0 Å². The van der Waals surface area contributed by atoms with Crippen molar-refractivity contribution in [2.24, 2.45) is 0 Å². The first-order valence-corrected chi connectivity index (χ1v) is 12.1. The Morgan fingerprint density at radius 3 is 2.29 bits per heavy atom. The second-order valence-corrected chi connectivity index (χ2v) is 10.5. The fraction of sp³-hybridized carbons (Fsp3) is 0.519. The number of amides is 1. The normalized spacial score (nSPS) is 15.4. The highest BCUT2D eigenvalue weighted by molar-refractivity contribution is 6.06. The SMILES string of the molecule is COc1ccc(CN2CCN(C(=O)c3cc(C(C)C)nc4c3c(C)nn4C(C)(C)C)CC2)cc1. The van der Waals surface area contributed by atoms with E-state index in [4.69, 9.17) is 14.8 Å². The van der Waals surface area contributed by atoms with Crippen LogP contribution in [0, 0.1) is 6.92 Å². The molecule has 0 spiro atoms. The van der Waals surface area contributed by atoms with Crippen LogP contribution in [-0.2, 0) is 12.1 Å². The summed E-state index contributed by atoms with van der Waals surface area (Å²) in [7, 11) is 1.68. The molecule has 0 N–H and O–H groups in total. The third-order valence-corrected chi connectivity index (χ3v) is 6.51. The summed E-state index contributed by atoms with van der Waals surface area (Å²) < 4.78 is 7.22. The number of carbonyl (C=O) groups excluding carboxylic acids is 1. The first-order chi connectivity index (χ1) is 16.1. The number of hydrogen-bond donors (Lipinski definition) is 0. The van der Waals surface area contributed by atoms with Crippen LogP contribution in [0.1, 0.15) is 67.8 Å². The number of rotatable bonds is 5. The molecule has 0 saturated carbocycles. The van der Waals surface area contributed by atoms with Gasteiger partial charge in [0.1, 0.15) is 5.75 Å². The van der Waals surface area contributed by atoms with E-state index >= 15 is 0 Å². The van der Waals surface area contributed by atoms with Gasteiger partial charge in [0.05, 0.1) is 29.3 Å². The van der Waals surface area contributed by atoms with Gasteiger partial charge in [-0.1, -0.05) is 26.0 Å². The minimum absolute atomic E-state index is 0.0787.